The number of alkyl halides is 2. The van der Waals surface area contributed by atoms with E-state index in [9.17, 15) is 8.78 Å². The molecule has 0 heterocycles. The second kappa shape index (κ2) is 7.85. The Morgan fingerprint density at radius 2 is 2.10 bits per heavy atom. The maximum atomic E-state index is 12.8. The van der Waals surface area contributed by atoms with E-state index in [4.69, 9.17) is 0 Å². The molecule has 0 saturated carbocycles. The van der Waals surface area contributed by atoms with Crippen LogP contribution in [0.5, 0.6) is 0 Å². The second-order valence-electron chi connectivity index (χ2n) is 5.92. The number of fused-ring (bicyclic) bond motifs is 1. The Morgan fingerprint density at radius 1 is 1.33 bits per heavy atom. The van der Waals surface area contributed by atoms with Crippen LogP contribution in [0.4, 0.5) is 8.78 Å². The first kappa shape index (κ1) is 16.4. The fourth-order valence-corrected chi connectivity index (χ4v) is 3.31. The zero-order valence-electron chi connectivity index (χ0n) is 13.0. The van der Waals surface area contributed by atoms with Crippen molar-refractivity contribution in [1.82, 2.24) is 10.2 Å². The van der Waals surface area contributed by atoms with Gasteiger partial charge in [-0.3, -0.25) is 4.90 Å². The van der Waals surface area contributed by atoms with Crippen molar-refractivity contribution in [3.63, 3.8) is 0 Å². The highest BCUT2D eigenvalue weighted by Crippen LogP contribution is 2.31. The standard InChI is InChI=1S/C17H26F2N2/c1-3-11-20-17-14-9-5-4-7-13(14)8-6-10-15(17)21(2)12-16(18)19/h4-5,7,9,15-17,20H,3,6,8,10-12H2,1-2H3. The summed E-state index contributed by atoms with van der Waals surface area (Å²) in [4.78, 5) is 1.83. The van der Waals surface area contributed by atoms with Crippen molar-refractivity contribution in [3.05, 3.63) is 35.4 Å². The smallest absolute Gasteiger partial charge is 0.251 e. The van der Waals surface area contributed by atoms with Gasteiger partial charge in [-0.05, 0) is 50.4 Å². The summed E-state index contributed by atoms with van der Waals surface area (Å²) in [6, 6.07) is 8.72. The third kappa shape index (κ3) is 4.24. The van der Waals surface area contributed by atoms with Gasteiger partial charge in [0.25, 0.3) is 6.43 Å². The van der Waals surface area contributed by atoms with Gasteiger partial charge in [0.2, 0.25) is 0 Å². The molecule has 1 aliphatic carbocycles. The molecule has 2 atom stereocenters. The van der Waals surface area contributed by atoms with E-state index in [-0.39, 0.29) is 18.6 Å². The minimum absolute atomic E-state index is 0.134. The SMILES string of the molecule is CCCNC1c2ccccc2CCCC1N(C)CC(F)F. The van der Waals surface area contributed by atoms with Gasteiger partial charge in [0, 0.05) is 12.1 Å². The molecule has 1 aromatic rings. The highest BCUT2D eigenvalue weighted by molar-refractivity contribution is 5.32. The largest absolute Gasteiger partial charge is 0.309 e. The summed E-state index contributed by atoms with van der Waals surface area (Å²) in [5, 5.41) is 3.59. The summed E-state index contributed by atoms with van der Waals surface area (Å²) in [6.45, 7) is 2.89. The fraction of sp³-hybridized carbons (Fsp3) is 0.647. The van der Waals surface area contributed by atoms with Crippen molar-refractivity contribution in [2.24, 2.45) is 0 Å². The molecule has 0 bridgehead atoms. The number of nitrogens with one attached hydrogen (secondary N) is 1. The van der Waals surface area contributed by atoms with Crippen LogP contribution in [0.3, 0.4) is 0 Å². The Bertz CT molecular complexity index is 437. The molecule has 0 saturated heterocycles. The normalized spacial score (nSPS) is 22.4. The van der Waals surface area contributed by atoms with Crippen LogP contribution in [0.15, 0.2) is 24.3 Å². The monoisotopic (exact) mass is 296 g/mol. The third-order valence-corrected chi connectivity index (χ3v) is 4.33. The van der Waals surface area contributed by atoms with Gasteiger partial charge in [-0.15, -0.1) is 0 Å². The number of benzene rings is 1. The number of likely N-dealkylation sites (N-methyl/N-ethyl adjacent to an activating group) is 1. The van der Waals surface area contributed by atoms with E-state index in [0.717, 1.165) is 32.2 Å². The number of aryl methyl sites for hydroxylation is 1. The topological polar surface area (TPSA) is 15.3 Å². The summed E-state index contributed by atoms with van der Waals surface area (Å²) >= 11 is 0. The molecule has 0 radical (unpaired) electrons. The summed E-state index contributed by atoms with van der Waals surface area (Å²) < 4.78 is 25.5. The molecular formula is C17H26F2N2. The lowest BCUT2D eigenvalue weighted by Gasteiger charge is -2.35. The molecule has 0 aliphatic heterocycles. The average Bonchev–Trinajstić information content (AvgIpc) is 2.63. The maximum Gasteiger partial charge on any atom is 0.251 e. The van der Waals surface area contributed by atoms with E-state index in [1.807, 2.05) is 11.9 Å². The molecule has 0 spiro atoms. The van der Waals surface area contributed by atoms with Crippen LogP contribution in [0.2, 0.25) is 0 Å². The van der Waals surface area contributed by atoms with E-state index in [0.29, 0.717) is 0 Å². The first-order valence-corrected chi connectivity index (χ1v) is 7.93. The fourth-order valence-electron chi connectivity index (χ4n) is 3.31. The maximum absolute atomic E-state index is 12.8. The minimum atomic E-state index is -2.28. The van der Waals surface area contributed by atoms with Crippen LogP contribution >= 0.6 is 0 Å². The van der Waals surface area contributed by atoms with Gasteiger partial charge < -0.3 is 5.32 Å². The van der Waals surface area contributed by atoms with E-state index >= 15 is 0 Å². The highest BCUT2D eigenvalue weighted by atomic mass is 19.3. The molecule has 0 amide bonds. The van der Waals surface area contributed by atoms with E-state index in [1.54, 1.807) is 0 Å². The van der Waals surface area contributed by atoms with Crippen LogP contribution in [-0.4, -0.2) is 37.5 Å². The molecule has 0 aromatic heterocycles. The average molecular weight is 296 g/mol. The first-order valence-electron chi connectivity index (χ1n) is 7.93. The number of halogens is 2. The molecule has 2 rings (SSSR count). The molecule has 1 aromatic carbocycles. The summed E-state index contributed by atoms with van der Waals surface area (Å²) in [5.74, 6) is 0. The van der Waals surface area contributed by atoms with Gasteiger partial charge in [0.1, 0.15) is 0 Å². The van der Waals surface area contributed by atoms with E-state index < -0.39 is 6.43 Å². The summed E-state index contributed by atoms with van der Waals surface area (Å²) in [6.07, 6.45) is 1.82. The van der Waals surface area contributed by atoms with Crippen LogP contribution in [0.1, 0.15) is 43.4 Å². The highest BCUT2D eigenvalue weighted by Gasteiger charge is 2.30. The Kier molecular flexibility index (Phi) is 6.12. The quantitative estimate of drug-likeness (QED) is 0.806. The van der Waals surface area contributed by atoms with Crippen LogP contribution < -0.4 is 5.32 Å². The van der Waals surface area contributed by atoms with E-state index in [1.165, 1.54) is 11.1 Å². The Balaban J connectivity index is 2.25. The lowest BCUT2D eigenvalue weighted by Crippen LogP contribution is -2.44. The molecule has 21 heavy (non-hydrogen) atoms. The Hall–Kier alpha value is -1.00. The van der Waals surface area contributed by atoms with Gasteiger partial charge >= 0.3 is 0 Å². The van der Waals surface area contributed by atoms with Crippen LogP contribution in [0.25, 0.3) is 0 Å². The summed E-state index contributed by atoms with van der Waals surface area (Å²) in [5.41, 5.74) is 2.65. The molecule has 2 nitrogen and oxygen atoms in total. The number of rotatable bonds is 6. The van der Waals surface area contributed by atoms with Crippen molar-refractivity contribution in [2.45, 2.75) is 51.1 Å². The van der Waals surface area contributed by atoms with Crippen molar-refractivity contribution in [2.75, 3.05) is 20.1 Å². The molecule has 1 aliphatic rings. The zero-order valence-corrected chi connectivity index (χ0v) is 13.0. The predicted octanol–water partition coefficient (Wildman–Crippen LogP) is 3.63. The first-order chi connectivity index (χ1) is 10.1. The van der Waals surface area contributed by atoms with Gasteiger partial charge in [-0.25, -0.2) is 8.78 Å². The molecule has 4 heteroatoms. The Labute approximate surface area is 126 Å². The molecule has 2 unspecified atom stereocenters. The van der Waals surface area contributed by atoms with Gasteiger partial charge in [0.15, 0.2) is 0 Å². The van der Waals surface area contributed by atoms with Crippen molar-refractivity contribution in [3.8, 4) is 0 Å². The minimum Gasteiger partial charge on any atom is -0.309 e. The van der Waals surface area contributed by atoms with Gasteiger partial charge in [0.05, 0.1) is 6.54 Å². The molecule has 1 N–H and O–H groups in total. The molecular weight excluding hydrogens is 270 g/mol. The zero-order chi connectivity index (χ0) is 15.2. The third-order valence-electron chi connectivity index (χ3n) is 4.33. The van der Waals surface area contributed by atoms with Crippen molar-refractivity contribution >= 4 is 0 Å². The number of hydrogen-bond acceptors (Lipinski definition) is 2. The van der Waals surface area contributed by atoms with Crippen LogP contribution in [-0.2, 0) is 6.42 Å². The van der Waals surface area contributed by atoms with E-state index in [2.05, 4.69) is 36.5 Å². The second-order valence-corrected chi connectivity index (χ2v) is 5.92. The van der Waals surface area contributed by atoms with Gasteiger partial charge in [-0.1, -0.05) is 31.2 Å². The van der Waals surface area contributed by atoms with Crippen LogP contribution in [0, 0.1) is 0 Å². The Morgan fingerprint density at radius 3 is 2.81 bits per heavy atom. The molecule has 118 valence electrons. The number of hydrogen-bond donors (Lipinski definition) is 1. The predicted molar refractivity (Wildman–Crippen MR) is 82.8 cm³/mol. The van der Waals surface area contributed by atoms with Crippen molar-refractivity contribution < 1.29 is 8.78 Å². The van der Waals surface area contributed by atoms with Gasteiger partial charge in [-0.2, -0.15) is 0 Å². The lowest BCUT2D eigenvalue weighted by atomic mass is 9.95. The number of nitrogens with zero attached hydrogens (tertiary/aromatic N) is 1. The van der Waals surface area contributed by atoms with Crippen molar-refractivity contribution in [1.29, 1.82) is 0 Å². The molecule has 0 fully saturated rings. The summed E-state index contributed by atoms with van der Waals surface area (Å²) in [7, 11) is 1.82. The lowest BCUT2D eigenvalue weighted by molar-refractivity contribution is 0.0676.